The van der Waals surface area contributed by atoms with Crippen molar-refractivity contribution >= 4 is 22.6 Å². The van der Waals surface area contributed by atoms with E-state index < -0.39 is 0 Å². The quantitative estimate of drug-likeness (QED) is 0.355. The molecule has 1 heterocycles. The van der Waals surface area contributed by atoms with E-state index in [0.29, 0.717) is 11.3 Å². The van der Waals surface area contributed by atoms with E-state index in [9.17, 15) is 0 Å². The molecule has 0 aromatic carbocycles. The third kappa shape index (κ3) is 4.44. The molecule has 0 saturated carbocycles. The maximum atomic E-state index is 6.10. The molecule has 116 valence electrons. The summed E-state index contributed by atoms with van der Waals surface area (Å²) in [7, 11) is 0. The van der Waals surface area contributed by atoms with Crippen molar-refractivity contribution in [2.45, 2.75) is 65.1 Å². The van der Waals surface area contributed by atoms with Gasteiger partial charge in [0.2, 0.25) is 0 Å². The molecule has 0 amide bonds. The largest absolute Gasteiger partial charge is 0.353 e. The Hall–Kier alpha value is 0.390. The summed E-state index contributed by atoms with van der Waals surface area (Å²) in [5.41, 5.74) is 1.95. The summed E-state index contributed by atoms with van der Waals surface area (Å²) < 4.78 is 13.1. The SMILES string of the molecule is CC1=CCC[C@](C)(CCCI)C1COC1CCCCO1. The van der Waals surface area contributed by atoms with Crippen molar-refractivity contribution in [1.29, 1.82) is 0 Å². The van der Waals surface area contributed by atoms with E-state index in [1.807, 2.05) is 0 Å². The van der Waals surface area contributed by atoms with E-state index in [4.69, 9.17) is 9.47 Å². The third-order valence-electron chi connectivity index (χ3n) is 5.04. The Morgan fingerprint density at radius 3 is 3.00 bits per heavy atom. The maximum absolute atomic E-state index is 6.10. The van der Waals surface area contributed by atoms with Gasteiger partial charge in [-0.2, -0.15) is 0 Å². The zero-order chi connectivity index (χ0) is 14.4. The lowest BCUT2D eigenvalue weighted by Gasteiger charge is -2.42. The number of alkyl halides is 1. The lowest BCUT2D eigenvalue weighted by atomic mass is 9.65. The Morgan fingerprint density at radius 1 is 1.45 bits per heavy atom. The molecule has 2 aliphatic rings. The topological polar surface area (TPSA) is 18.5 Å². The second-order valence-electron chi connectivity index (χ2n) is 6.62. The molecular formula is C17H29IO2. The van der Waals surface area contributed by atoms with Crippen molar-refractivity contribution in [2.75, 3.05) is 17.6 Å². The minimum Gasteiger partial charge on any atom is -0.353 e. The normalized spacial score (nSPS) is 34.9. The monoisotopic (exact) mass is 392 g/mol. The van der Waals surface area contributed by atoms with Crippen molar-refractivity contribution in [1.82, 2.24) is 0 Å². The highest BCUT2D eigenvalue weighted by atomic mass is 127. The number of allylic oxidation sites excluding steroid dienone is 1. The highest BCUT2D eigenvalue weighted by Crippen LogP contribution is 2.45. The molecule has 3 heteroatoms. The summed E-state index contributed by atoms with van der Waals surface area (Å²) in [6.45, 7) is 6.46. The molecule has 1 aliphatic carbocycles. The molecule has 1 fully saturated rings. The van der Waals surface area contributed by atoms with Gasteiger partial charge in [0, 0.05) is 12.5 Å². The molecule has 0 bridgehead atoms. The summed E-state index contributed by atoms with van der Waals surface area (Å²) in [5, 5.41) is 0. The van der Waals surface area contributed by atoms with Crippen molar-refractivity contribution in [3.05, 3.63) is 11.6 Å². The summed E-state index contributed by atoms with van der Waals surface area (Å²) in [6, 6.07) is 0. The zero-order valence-electron chi connectivity index (χ0n) is 13.0. The van der Waals surface area contributed by atoms with Gasteiger partial charge in [-0.3, -0.25) is 0 Å². The fraction of sp³-hybridized carbons (Fsp3) is 0.882. The van der Waals surface area contributed by atoms with Crippen LogP contribution < -0.4 is 0 Å². The van der Waals surface area contributed by atoms with Crippen LogP contribution in [-0.2, 0) is 9.47 Å². The van der Waals surface area contributed by atoms with E-state index >= 15 is 0 Å². The van der Waals surface area contributed by atoms with E-state index in [0.717, 1.165) is 19.6 Å². The van der Waals surface area contributed by atoms with E-state index in [1.165, 1.54) is 48.5 Å². The first-order valence-electron chi connectivity index (χ1n) is 8.11. The Bertz CT molecular complexity index is 323. The van der Waals surface area contributed by atoms with Gasteiger partial charge in [-0.1, -0.05) is 41.2 Å². The second-order valence-corrected chi connectivity index (χ2v) is 7.69. The minimum absolute atomic E-state index is 0.0484. The van der Waals surface area contributed by atoms with E-state index in [1.54, 1.807) is 0 Å². The van der Waals surface area contributed by atoms with Gasteiger partial charge in [0.1, 0.15) is 0 Å². The lowest BCUT2D eigenvalue weighted by Crippen LogP contribution is -2.36. The Balaban J connectivity index is 1.92. The van der Waals surface area contributed by atoms with Crippen LogP contribution in [0.3, 0.4) is 0 Å². The number of hydrogen-bond acceptors (Lipinski definition) is 2. The summed E-state index contributed by atoms with van der Waals surface area (Å²) in [5.74, 6) is 0.574. The van der Waals surface area contributed by atoms with Gasteiger partial charge in [0.15, 0.2) is 6.29 Å². The molecule has 2 nitrogen and oxygen atoms in total. The first-order chi connectivity index (χ1) is 9.65. The van der Waals surface area contributed by atoms with Gasteiger partial charge in [-0.05, 0) is 61.7 Å². The molecule has 0 aromatic heterocycles. The second kappa shape index (κ2) is 8.14. The Morgan fingerprint density at radius 2 is 2.30 bits per heavy atom. The predicted molar refractivity (Wildman–Crippen MR) is 92.3 cm³/mol. The van der Waals surface area contributed by atoms with Gasteiger partial charge in [-0.25, -0.2) is 0 Å². The number of ether oxygens (including phenoxy) is 2. The number of hydrogen-bond donors (Lipinski definition) is 0. The van der Waals surface area contributed by atoms with Crippen LogP contribution in [-0.4, -0.2) is 23.9 Å². The van der Waals surface area contributed by atoms with Gasteiger partial charge >= 0.3 is 0 Å². The number of rotatable bonds is 6. The summed E-state index contributed by atoms with van der Waals surface area (Å²) in [4.78, 5) is 0. The molecule has 2 rings (SSSR count). The van der Waals surface area contributed by atoms with Crippen LogP contribution in [0.5, 0.6) is 0 Å². The smallest absolute Gasteiger partial charge is 0.157 e. The molecule has 1 saturated heterocycles. The van der Waals surface area contributed by atoms with Gasteiger partial charge in [0.05, 0.1) is 6.61 Å². The van der Waals surface area contributed by atoms with Crippen LogP contribution in [0.15, 0.2) is 11.6 Å². The lowest BCUT2D eigenvalue weighted by molar-refractivity contribution is -0.173. The van der Waals surface area contributed by atoms with Crippen molar-refractivity contribution in [3.8, 4) is 0 Å². The average molecular weight is 392 g/mol. The van der Waals surface area contributed by atoms with Gasteiger partial charge in [-0.15, -0.1) is 0 Å². The Labute approximate surface area is 137 Å². The fourth-order valence-electron chi connectivity index (χ4n) is 3.64. The molecule has 0 spiro atoms. The fourth-order valence-corrected chi connectivity index (χ4v) is 4.03. The standard InChI is InChI=1S/C17H29IO2/c1-14-7-5-9-17(2,10-6-11-18)15(14)13-20-16-8-3-4-12-19-16/h7,15-16H,3-6,8-13H2,1-2H3/t15?,16?,17-/m1/s1. The molecule has 20 heavy (non-hydrogen) atoms. The molecule has 0 radical (unpaired) electrons. The number of halogens is 1. The van der Waals surface area contributed by atoms with Crippen LogP contribution in [0, 0.1) is 11.3 Å². The predicted octanol–water partition coefficient (Wildman–Crippen LogP) is 5.11. The van der Waals surface area contributed by atoms with Crippen LogP contribution >= 0.6 is 22.6 Å². The molecule has 2 unspecified atom stereocenters. The van der Waals surface area contributed by atoms with Crippen molar-refractivity contribution in [2.24, 2.45) is 11.3 Å². The van der Waals surface area contributed by atoms with Gasteiger partial charge in [0.25, 0.3) is 0 Å². The van der Waals surface area contributed by atoms with Crippen molar-refractivity contribution < 1.29 is 9.47 Å². The van der Waals surface area contributed by atoms with Crippen molar-refractivity contribution in [3.63, 3.8) is 0 Å². The first-order valence-corrected chi connectivity index (χ1v) is 9.64. The van der Waals surface area contributed by atoms with Crippen LogP contribution in [0.2, 0.25) is 0 Å². The molecule has 0 aromatic rings. The average Bonchev–Trinajstić information content (AvgIpc) is 2.46. The molecule has 1 aliphatic heterocycles. The van der Waals surface area contributed by atoms with Crippen LogP contribution in [0.1, 0.15) is 58.8 Å². The van der Waals surface area contributed by atoms with E-state index in [-0.39, 0.29) is 6.29 Å². The molecule has 0 N–H and O–H groups in total. The Kier molecular flexibility index (Phi) is 6.82. The summed E-state index contributed by atoms with van der Waals surface area (Å²) in [6.07, 6.45) is 11.2. The van der Waals surface area contributed by atoms with E-state index in [2.05, 4.69) is 42.5 Å². The maximum Gasteiger partial charge on any atom is 0.157 e. The highest BCUT2D eigenvalue weighted by molar-refractivity contribution is 14.1. The van der Waals surface area contributed by atoms with Crippen LogP contribution in [0.25, 0.3) is 0 Å². The zero-order valence-corrected chi connectivity index (χ0v) is 15.2. The highest BCUT2D eigenvalue weighted by Gasteiger charge is 2.37. The van der Waals surface area contributed by atoms with Crippen LogP contribution in [0.4, 0.5) is 0 Å². The minimum atomic E-state index is 0.0484. The molecular weight excluding hydrogens is 363 g/mol. The third-order valence-corrected chi connectivity index (χ3v) is 5.80. The summed E-state index contributed by atoms with van der Waals surface area (Å²) >= 11 is 2.49. The molecule has 3 atom stereocenters. The first kappa shape index (κ1) is 16.8. The van der Waals surface area contributed by atoms with Gasteiger partial charge < -0.3 is 9.47 Å².